The number of rotatable bonds is 3. The summed E-state index contributed by atoms with van der Waals surface area (Å²) in [5, 5.41) is 10.3. The molecule has 5 nitrogen and oxygen atoms in total. The Morgan fingerprint density at radius 2 is 1.91 bits per heavy atom. The van der Waals surface area contributed by atoms with E-state index in [2.05, 4.69) is 9.97 Å². The van der Waals surface area contributed by atoms with Gasteiger partial charge in [-0.25, -0.2) is 4.98 Å². The van der Waals surface area contributed by atoms with Crippen molar-refractivity contribution in [1.29, 1.82) is 5.26 Å². The van der Waals surface area contributed by atoms with Crippen molar-refractivity contribution in [2.45, 2.75) is 6.18 Å². The SMILES string of the molecule is N#CC(=Cc1ccc(-c2cc(C(F)(F)F)ccc2Cl)o1)c1nc2ccc(Cl)cc2c(=O)[nH]1. The number of nitrogens with zero attached hydrogens (tertiary/aromatic N) is 2. The second-order valence-electron chi connectivity index (χ2n) is 6.64. The molecule has 0 aliphatic rings. The summed E-state index contributed by atoms with van der Waals surface area (Å²) in [4.78, 5) is 19.1. The van der Waals surface area contributed by atoms with Gasteiger partial charge in [0.1, 0.15) is 17.6 Å². The predicted octanol–water partition coefficient (Wildman–Crippen LogP) is 6.57. The van der Waals surface area contributed by atoms with Gasteiger partial charge in [0.05, 0.1) is 27.1 Å². The van der Waals surface area contributed by atoms with E-state index >= 15 is 0 Å². The van der Waals surface area contributed by atoms with Crippen molar-refractivity contribution in [3.8, 4) is 17.4 Å². The van der Waals surface area contributed by atoms with Gasteiger partial charge in [0, 0.05) is 16.7 Å². The molecule has 0 atom stereocenters. The highest BCUT2D eigenvalue weighted by Crippen LogP contribution is 2.36. The number of aromatic amines is 1. The molecule has 0 spiro atoms. The van der Waals surface area contributed by atoms with E-state index in [1.165, 1.54) is 24.3 Å². The number of nitrogens with one attached hydrogen (secondary N) is 1. The van der Waals surface area contributed by atoms with Gasteiger partial charge in [0.15, 0.2) is 5.82 Å². The first-order chi connectivity index (χ1) is 15.2. The fourth-order valence-corrected chi connectivity index (χ4v) is 3.38. The largest absolute Gasteiger partial charge is 0.457 e. The molecular formula is C22H10Cl2F3N3O2. The van der Waals surface area contributed by atoms with Crippen LogP contribution in [0.25, 0.3) is 33.9 Å². The lowest BCUT2D eigenvalue weighted by Gasteiger charge is -2.09. The van der Waals surface area contributed by atoms with Crippen LogP contribution in [0.3, 0.4) is 0 Å². The number of H-pyrrole nitrogens is 1. The van der Waals surface area contributed by atoms with Gasteiger partial charge in [-0.2, -0.15) is 18.4 Å². The zero-order chi connectivity index (χ0) is 23.0. The first-order valence-electron chi connectivity index (χ1n) is 8.94. The lowest BCUT2D eigenvalue weighted by molar-refractivity contribution is -0.137. The van der Waals surface area contributed by atoms with E-state index in [4.69, 9.17) is 27.6 Å². The van der Waals surface area contributed by atoms with Crippen LogP contribution in [-0.2, 0) is 6.18 Å². The van der Waals surface area contributed by atoms with Gasteiger partial charge in [-0.05, 0) is 48.5 Å². The minimum atomic E-state index is -4.54. The van der Waals surface area contributed by atoms with E-state index in [-0.39, 0.29) is 38.9 Å². The molecule has 0 aliphatic carbocycles. The molecule has 2 aromatic carbocycles. The number of fused-ring (bicyclic) bond motifs is 1. The van der Waals surface area contributed by atoms with Crippen LogP contribution in [0, 0.1) is 11.3 Å². The first-order valence-corrected chi connectivity index (χ1v) is 9.70. The maximum atomic E-state index is 13.0. The topological polar surface area (TPSA) is 82.7 Å². The van der Waals surface area contributed by atoms with E-state index in [1.54, 1.807) is 12.1 Å². The summed E-state index contributed by atoms with van der Waals surface area (Å²) in [5.74, 6) is 0.241. The minimum absolute atomic E-state index is 0.00220. The van der Waals surface area contributed by atoms with Crippen LogP contribution in [-0.4, -0.2) is 9.97 Å². The second-order valence-corrected chi connectivity index (χ2v) is 7.48. The number of halogens is 5. The van der Waals surface area contributed by atoms with Crippen LogP contribution in [0.2, 0.25) is 10.0 Å². The molecule has 1 N–H and O–H groups in total. The summed E-state index contributed by atoms with van der Waals surface area (Å²) in [6.07, 6.45) is -3.23. The lowest BCUT2D eigenvalue weighted by atomic mass is 10.1. The van der Waals surface area contributed by atoms with Gasteiger partial charge in [0.2, 0.25) is 0 Å². The predicted molar refractivity (Wildman–Crippen MR) is 115 cm³/mol. The molecular weight excluding hydrogens is 466 g/mol. The molecule has 0 unspecified atom stereocenters. The van der Waals surface area contributed by atoms with Crippen molar-refractivity contribution >= 4 is 45.8 Å². The van der Waals surface area contributed by atoms with E-state index in [1.807, 2.05) is 6.07 Å². The number of alkyl halides is 3. The van der Waals surface area contributed by atoms with Crippen molar-refractivity contribution in [1.82, 2.24) is 9.97 Å². The Morgan fingerprint density at radius 1 is 1.12 bits per heavy atom. The highest BCUT2D eigenvalue weighted by Gasteiger charge is 2.31. The maximum Gasteiger partial charge on any atom is 0.416 e. The second kappa shape index (κ2) is 8.19. The number of allylic oxidation sites excluding steroid dienone is 1. The number of furan rings is 1. The summed E-state index contributed by atoms with van der Waals surface area (Å²) < 4.78 is 44.7. The monoisotopic (exact) mass is 475 g/mol. The molecule has 0 aliphatic heterocycles. The van der Waals surface area contributed by atoms with E-state index in [0.717, 1.165) is 18.2 Å². The number of hydrogen-bond acceptors (Lipinski definition) is 4. The summed E-state index contributed by atoms with van der Waals surface area (Å²) in [6.45, 7) is 0. The first kappa shape index (κ1) is 21.7. The van der Waals surface area contributed by atoms with E-state index in [9.17, 15) is 23.2 Å². The lowest BCUT2D eigenvalue weighted by Crippen LogP contribution is -2.11. The molecule has 0 amide bonds. The normalized spacial score (nSPS) is 12.2. The number of nitriles is 1. The van der Waals surface area contributed by atoms with Crippen LogP contribution in [0.4, 0.5) is 13.2 Å². The Morgan fingerprint density at radius 3 is 2.62 bits per heavy atom. The van der Waals surface area contributed by atoms with Crippen LogP contribution in [0.15, 0.2) is 57.7 Å². The highest BCUT2D eigenvalue weighted by molar-refractivity contribution is 6.33. The smallest absolute Gasteiger partial charge is 0.416 e. The minimum Gasteiger partial charge on any atom is -0.457 e. The van der Waals surface area contributed by atoms with Crippen LogP contribution < -0.4 is 5.56 Å². The third kappa shape index (κ3) is 4.26. The summed E-state index contributed by atoms with van der Waals surface area (Å²) >= 11 is 11.9. The number of hydrogen-bond donors (Lipinski definition) is 1. The standard InChI is InChI=1S/C22H10Cl2F3N3O2/c23-13-2-5-18-16(9-13)21(31)30-20(29-18)11(10-28)7-14-3-6-19(32-14)15-8-12(22(25,26)27)1-4-17(15)24/h1-9H,(H,29,30,31). The molecule has 2 heterocycles. The molecule has 160 valence electrons. The summed E-state index contributed by atoms with van der Waals surface area (Å²) in [7, 11) is 0. The molecule has 0 saturated carbocycles. The van der Waals surface area contributed by atoms with Crippen molar-refractivity contribution in [2.75, 3.05) is 0 Å². The molecule has 2 aromatic heterocycles. The molecule has 0 radical (unpaired) electrons. The van der Waals surface area contributed by atoms with Crippen molar-refractivity contribution in [3.63, 3.8) is 0 Å². The Kier molecular flexibility index (Phi) is 5.55. The molecule has 4 aromatic rings. The fraction of sp³-hybridized carbons (Fsp3) is 0.0455. The molecule has 32 heavy (non-hydrogen) atoms. The van der Waals surface area contributed by atoms with Gasteiger partial charge in [-0.1, -0.05) is 23.2 Å². The average molecular weight is 476 g/mol. The average Bonchev–Trinajstić information content (AvgIpc) is 3.20. The van der Waals surface area contributed by atoms with E-state index < -0.39 is 17.3 Å². The molecule has 10 heteroatoms. The quantitative estimate of drug-likeness (QED) is 0.339. The van der Waals surface area contributed by atoms with E-state index in [0.29, 0.717) is 10.5 Å². The zero-order valence-corrected chi connectivity index (χ0v) is 17.3. The van der Waals surface area contributed by atoms with Gasteiger partial charge in [0.25, 0.3) is 5.56 Å². The Balaban J connectivity index is 1.74. The van der Waals surface area contributed by atoms with Crippen LogP contribution in [0.1, 0.15) is 17.1 Å². The van der Waals surface area contributed by atoms with Crippen molar-refractivity contribution in [2.24, 2.45) is 0 Å². The number of aromatic nitrogens is 2. The summed E-state index contributed by atoms with van der Waals surface area (Å²) in [6, 6.07) is 12.3. The van der Waals surface area contributed by atoms with Gasteiger partial charge < -0.3 is 9.40 Å². The molecule has 0 saturated heterocycles. The van der Waals surface area contributed by atoms with Gasteiger partial charge in [-0.3, -0.25) is 4.79 Å². The Hall–Kier alpha value is -3.54. The fourth-order valence-electron chi connectivity index (χ4n) is 3.00. The molecule has 4 rings (SSSR count). The highest BCUT2D eigenvalue weighted by atomic mass is 35.5. The van der Waals surface area contributed by atoms with Gasteiger partial charge in [-0.15, -0.1) is 0 Å². The summed E-state index contributed by atoms with van der Waals surface area (Å²) in [5.41, 5.74) is -0.986. The maximum absolute atomic E-state index is 13.0. The molecule has 0 fully saturated rings. The number of benzene rings is 2. The third-order valence-corrected chi connectivity index (χ3v) is 5.08. The molecule has 0 bridgehead atoms. The Labute approximate surface area is 188 Å². The van der Waals surface area contributed by atoms with Crippen molar-refractivity contribution < 1.29 is 17.6 Å². The zero-order valence-electron chi connectivity index (χ0n) is 15.8. The van der Waals surface area contributed by atoms with Crippen LogP contribution >= 0.6 is 23.2 Å². The third-order valence-electron chi connectivity index (χ3n) is 4.52. The van der Waals surface area contributed by atoms with Crippen LogP contribution in [0.5, 0.6) is 0 Å². The van der Waals surface area contributed by atoms with Gasteiger partial charge >= 0.3 is 6.18 Å². The van der Waals surface area contributed by atoms with Crippen molar-refractivity contribution in [3.05, 3.63) is 86.1 Å². The Bertz CT molecular complexity index is 1480.